The summed E-state index contributed by atoms with van der Waals surface area (Å²) in [4.78, 5) is 29.1. The van der Waals surface area contributed by atoms with Gasteiger partial charge >= 0.3 is 0 Å². The first-order valence-corrected chi connectivity index (χ1v) is 16.7. The quantitative estimate of drug-likeness (QED) is 0.243. The standard InChI is InChI=1S/C33H39ClFN3O6S/c1-4-29(33(40)36-26-8-6-5-7-9-26)37(21-23-10-14-25(35)15-11-23)32(39)22-38(27-16-12-24(34)13-17-27)45(41,42)28-18-19-30(43-2)31(20-28)44-3/h10-20,26,29H,4-9,21-22H2,1-3H3,(H,36,40). The zero-order valence-electron chi connectivity index (χ0n) is 25.7. The Labute approximate surface area is 269 Å². The summed E-state index contributed by atoms with van der Waals surface area (Å²) in [5.41, 5.74) is 0.790. The molecule has 1 fully saturated rings. The van der Waals surface area contributed by atoms with E-state index in [2.05, 4.69) is 5.32 Å². The average Bonchev–Trinajstić information content (AvgIpc) is 3.04. The molecule has 3 aromatic rings. The van der Waals surface area contributed by atoms with E-state index in [-0.39, 0.29) is 41.2 Å². The maximum absolute atomic E-state index is 14.3. The van der Waals surface area contributed by atoms with Crippen molar-refractivity contribution in [2.24, 2.45) is 0 Å². The van der Waals surface area contributed by atoms with E-state index in [1.807, 2.05) is 0 Å². The predicted molar refractivity (Wildman–Crippen MR) is 172 cm³/mol. The van der Waals surface area contributed by atoms with E-state index in [1.165, 1.54) is 73.7 Å². The lowest BCUT2D eigenvalue weighted by atomic mass is 9.95. The first-order valence-electron chi connectivity index (χ1n) is 14.9. The van der Waals surface area contributed by atoms with Crippen LogP contribution < -0.4 is 19.1 Å². The van der Waals surface area contributed by atoms with Crippen LogP contribution in [0.3, 0.4) is 0 Å². The van der Waals surface area contributed by atoms with Gasteiger partial charge in [0.25, 0.3) is 10.0 Å². The molecule has 0 aliphatic heterocycles. The minimum Gasteiger partial charge on any atom is -0.493 e. The largest absolute Gasteiger partial charge is 0.493 e. The van der Waals surface area contributed by atoms with Crippen molar-refractivity contribution in [1.29, 1.82) is 0 Å². The second-order valence-corrected chi connectivity index (χ2v) is 13.2. The van der Waals surface area contributed by atoms with E-state index in [0.717, 1.165) is 36.4 Å². The van der Waals surface area contributed by atoms with E-state index >= 15 is 0 Å². The van der Waals surface area contributed by atoms with Crippen LogP contribution in [0.4, 0.5) is 10.1 Å². The summed E-state index contributed by atoms with van der Waals surface area (Å²) < 4.78 is 53.7. The number of rotatable bonds is 13. The monoisotopic (exact) mass is 659 g/mol. The highest BCUT2D eigenvalue weighted by molar-refractivity contribution is 7.92. The van der Waals surface area contributed by atoms with Crippen LogP contribution in [-0.4, -0.2) is 58.0 Å². The molecule has 0 bridgehead atoms. The van der Waals surface area contributed by atoms with Crippen molar-refractivity contribution < 1.29 is 31.9 Å². The number of anilines is 1. The van der Waals surface area contributed by atoms with Gasteiger partial charge < -0.3 is 19.7 Å². The van der Waals surface area contributed by atoms with Gasteiger partial charge in [-0.25, -0.2) is 12.8 Å². The van der Waals surface area contributed by atoms with Gasteiger partial charge in [-0.1, -0.05) is 49.9 Å². The van der Waals surface area contributed by atoms with Gasteiger partial charge in [-0.15, -0.1) is 0 Å². The third-order valence-electron chi connectivity index (χ3n) is 7.94. The summed E-state index contributed by atoms with van der Waals surface area (Å²) >= 11 is 6.11. The van der Waals surface area contributed by atoms with Crippen LogP contribution in [0.15, 0.2) is 71.6 Å². The topological polar surface area (TPSA) is 105 Å². The molecule has 3 aromatic carbocycles. The molecule has 1 N–H and O–H groups in total. The molecule has 0 heterocycles. The summed E-state index contributed by atoms with van der Waals surface area (Å²) in [6.07, 6.45) is 5.17. The fraction of sp³-hybridized carbons (Fsp3) is 0.394. The van der Waals surface area contributed by atoms with Crippen molar-refractivity contribution >= 4 is 39.1 Å². The van der Waals surface area contributed by atoms with Crippen LogP contribution in [0.5, 0.6) is 11.5 Å². The molecule has 0 radical (unpaired) electrons. The summed E-state index contributed by atoms with van der Waals surface area (Å²) in [5.74, 6) is -0.812. The van der Waals surface area contributed by atoms with Crippen molar-refractivity contribution in [2.45, 2.75) is 69.0 Å². The highest BCUT2D eigenvalue weighted by atomic mass is 35.5. The number of benzene rings is 3. The number of ether oxygens (including phenoxy) is 2. The molecule has 0 saturated heterocycles. The average molecular weight is 660 g/mol. The van der Waals surface area contributed by atoms with Crippen LogP contribution in [0, 0.1) is 5.82 Å². The molecule has 2 amide bonds. The maximum atomic E-state index is 14.3. The molecule has 0 aromatic heterocycles. The number of nitrogens with one attached hydrogen (secondary N) is 1. The molecule has 1 aliphatic rings. The molecule has 4 rings (SSSR count). The first kappa shape index (κ1) is 34.1. The van der Waals surface area contributed by atoms with Gasteiger partial charge in [0.2, 0.25) is 11.8 Å². The Bertz CT molecular complexity index is 1560. The molecule has 45 heavy (non-hydrogen) atoms. The van der Waals surface area contributed by atoms with Crippen LogP contribution in [0.25, 0.3) is 0 Å². The molecular weight excluding hydrogens is 621 g/mol. The van der Waals surface area contributed by atoms with Gasteiger partial charge in [0.1, 0.15) is 18.4 Å². The molecule has 0 spiro atoms. The minimum atomic E-state index is -4.35. The van der Waals surface area contributed by atoms with Gasteiger partial charge in [0, 0.05) is 23.7 Å². The number of hydrogen-bond acceptors (Lipinski definition) is 6. The predicted octanol–water partition coefficient (Wildman–Crippen LogP) is 5.95. The van der Waals surface area contributed by atoms with Gasteiger partial charge in [0.15, 0.2) is 11.5 Å². The number of halogens is 2. The summed E-state index contributed by atoms with van der Waals surface area (Å²) in [6.45, 7) is 1.15. The minimum absolute atomic E-state index is 0.0130. The van der Waals surface area contributed by atoms with E-state index in [9.17, 15) is 22.4 Å². The number of hydrogen-bond donors (Lipinski definition) is 1. The molecule has 1 atom stereocenters. The Morgan fingerprint density at radius 3 is 2.20 bits per heavy atom. The van der Waals surface area contributed by atoms with E-state index < -0.39 is 34.3 Å². The highest BCUT2D eigenvalue weighted by Gasteiger charge is 2.35. The second-order valence-electron chi connectivity index (χ2n) is 10.9. The fourth-order valence-electron chi connectivity index (χ4n) is 5.49. The third kappa shape index (κ3) is 8.46. The van der Waals surface area contributed by atoms with Crippen molar-refractivity contribution in [3.63, 3.8) is 0 Å². The third-order valence-corrected chi connectivity index (χ3v) is 9.96. The Hall–Kier alpha value is -3.83. The second kappa shape index (κ2) is 15.4. The number of amides is 2. The molecule has 242 valence electrons. The molecule has 1 unspecified atom stereocenters. The van der Waals surface area contributed by atoms with E-state index in [4.69, 9.17) is 21.1 Å². The highest BCUT2D eigenvalue weighted by Crippen LogP contribution is 2.33. The number of sulfonamides is 1. The van der Waals surface area contributed by atoms with Gasteiger partial charge in [0.05, 0.1) is 24.8 Å². The van der Waals surface area contributed by atoms with Crippen LogP contribution in [-0.2, 0) is 26.2 Å². The normalized spacial score (nSPS) is 14.3. The SMILES string of the molecule is CCC(C(=O)NC1CCCCC1)N(Cc1ccc(F)cc1)C(=O)CN(c1ccc(Cl)cc1)S(=O)(=O)c1ccc(OC)c(OC)c1. The summed E-state index contributed by atoms with van der Waals surface area (Å²) in [5, 5.41) is 3.49. The number of methoxy groups -OCH3 is 2. The van der Waals surface area contributed by atoms with Gasteiger partial charge in [-0.3, -0.25) is 13.9 Å². The van der Waals surface area contributed by atoms with Crippen molar-refractivity contribution in [3.05, 3.63) is 83.1 Å². The van der Waals surface area contributed by atoms with Gasteiger partial charge in [-0.2, -0.15) is 0 Å². The lowest BCUT2D eigenvalue weighted by molar-refractivity contribution is -0.140. The van der Waals surface area contributed by atoms with Crippen LogP contribution >= 0.6 is 11.6 Å². The number of carbonyl (C=O) groups is 2. The molecule has 9 nitrogen and oxygen atoms in total. The molecule has 1 aliphatic carbocycles. The maximum Gasteiger partial charge on any atom is 0.264 e. The lowest BCUT2D eigenvalue weighted by Crippen LogP contribution is -2.54. The lowest BCUT2D eigenvalue weighted by Gasteiger charge is -2.34. The Morgan fingerprint density at radius 1 is 0.956 bits per heavy atom. The van der Waals surface area contributed by atoms with Crippen molar-refractivity contribution in [1.82, 2.24) is 10.2 Å². The van der Waals surface area contributed by atoms with E-state index in [0.29, 0.717) is 16.3 Å². The number of nitrogens with zero attached hydrogens (tertiary/aromatic N) is 2. The first-order chi connectivity index (χ1) is 21.6. The van der Waals surface area contributed by atoms with Crippen molar-refractivity contribution in [2.75, 3.05) is 25.1 Å². The zero-order valence-corrected chi connectivity index (χ0v) is 27.2. The Morgan fingerprint density at radius 2 is 1.60 bits per heavy atom. The molecular formula is C33H39ClFN3O6S. The van der Waals surface area contributed by atoms with Crippen LogP contribution in [0.1, 0.15) is 51.0 Å². The fourth-order valence-corrected chi connectivity index (χ4v) is 7.05. The smallest absolute Gasteiger partial charge is 0.264 e. The Kier molecular flexibility index (Phi) is 11.7. The summed E-state index contributed by atoms with van der Waals surface area (Å²) in [6, 6.07) is 15.0. The van der Waals surface area contributed by atoms with Crippen molar-refractivity contribution in [3.8, 4) is 11.5 Å². The van der Waals surface area contributed by atoms with Gasteiger partial charge in [-0.05, 0) is 73.4 Å². The van der Waals surface area contributed by atoms with Crippen LogP contribution in [0.2, 0.25) is 5.02 Å². The zero-order chi connectivity index (χ0) is 32.6. The molecule has 12 heteroatoms. The Balaban J connectivity index is 1.73. The summed E-state index contributed by atoms with van der Waals surface area (Å²) in [7, 11) is -1.52. The number of carbonyl (C=O) groups excluding carboxylic acids is 2. The molecule has 1 saturated carbocycles. The van der Waals surface area contributed by atoms with E-state index in [1.54, 1.807) is 19.1 Å².